The van der Waals surface area contributed by atoms with Crippen molar-refractivity contribution in [3.63, 3.8) is 0 Å². The number of carboxylic acids is 1. The van der Waals surface area contributed by atoms with E-state index >= 15 is 0 Å². The molecule has 2 rings (SSSR count). The zero-order valence-corrected chi connectivity index (χ0v) is 13.6. The fourth-order valence-corrected chi connectivity index (χ4v) is 3.33. The molecular formula is C15H16BrNO2S. The van der Waals surface area contributed by atoms with Crippen molar-refractivity contribution in [2.45, 2.75) is 19.5 Å². The fourth-order valence-electron chi connectivity index (χ4n) is 2.13. The quantitative estimate of drug-likeness (QED) is 0.859. The predicted molar refractivity (Wildman–Crippen MR) is 85.0 cm³/mol. The van der Waals surface area contributed by atoms with Crippen LogP contribution in [0.3, 0.4) is 0 Å². The summed E-state index contributed by atoms with van der Waals surface area (Å²) in [6.07, 6.45) is 0.0774. The molecule has 0 fully saturated rings. The molecule has 2 aromatic rings. The zero-order chi connectivity index (χ0) is 14.5. The van der Waals surface area contributed by atoms with Gasteiger partial charge in [-0.3, -0.25) is 9.69 Å². The van der Waals surface area contributed by atoms with E-state index in [0.29, 0.717) is 0 Å². The van der Waals surface area contributed by atoms with Crippen molar-refractivity contribution >= 4 is 33.2 Å². The monoisotopic (exact) mass is 353 g/mol. The van der Waals surface area contributed by atoms with Gasteiger partial charge in [-0.05, 0) is 51.1 Å². The third-order valence-electron chi connectivity index (χ3n) is 2.97. The zero-order valence-electron chi connectivity index (χ0n) is 11.2. The maximum Gasteiger partial charge on any atom is 0.307 e. The summed E-state index contributed by atoms with van der Waals surface area (Å²) in [6.45, 7) is 1.60. The number of aliphatic carboxylic acids is 1. The van der Waals surface area contributed by atoms with E-state index < -0.39 is 5.97 Å². The molecule has 0 unspecified atom stereocenters. The first-order valence-electron chi connectivity index (χ1n) is 6.24. The summed E-state index contributed by atoms with van der Waals surface area (Å²) in [5.74, 6) is -0.790. The van der Waals surface area contributed by atoms with Gasteiger partial charge >= 0.3 is 5.97 Å². The van der Waals surface area contributed by atoms with E-state index in [-0.39, 0.29) is 6.42 Å². The molecule has 20 heavy (non-hydrogen) atoms. The summed E-state index contributed by atoms with van der Waals surface area (Å²) < 4.78 is 1.13. The Morgan fingerprint density at radius 3 is 2.60 bits per heavy atom. The number of halogens is 1. The minimum Gasteiger partial charge on any atom is -0.481 e. The molecule has 1 aromatic carbocycles. The number of thiophene rings is 1. The molecule has 0 atom stereocenters. The summed E-state index contributed by atoms with van der Waals surface area (Å²) in [4.78, 5) is 13.1. The lowest BCUT2D eigenvalue weighted by Gasteiger charge is -2.18. The minimum atomic E-state index is -0.790. The molecule has 0 saturated carbocycles. The minimum absolute atomic E-state index is 0.0774. The largest absolute Gasteiger partial charge is 0.481 e. The van der Waals surface area contributed by atoms with Gasteiger partial charge in [0.25, 0.3) is 0 Å². The van der Waals surface area contributed by atoms with Gasteiger partial charge in [0, 0.05) is 13.1 Å². The van der Waals surface area contributed by atoms with Crippen LogP contribution in [-0.2, 0) is 24.3 Å². The maximum absolute atomic E-state index is 10.9. The lowest BCUT2D eigenvalue weighted by atomic mass is 10.0. The predicted octanol–water partition coefficient (Wildman–Crippen LogP) is 3.77. The molecule has 0 amide bonds. The highest BCUT2D eigenvalue weighted by Crippen LogP contribution is 2.22. The van der Waals surface area contributed by atoms with Gasteiger partial charge in [-0.15, -0.1) is 11.3 Å². The van der Waals surface area contributed by atoms with Crippen molar-refractivity contribution < 1.29 is 9.90 Å². The number of rotatable bonds is 6. The van der Waals surface area contributed by atoms with Gasteiger partial charge in [-0.2, -0.15) is 0 Å². The molecule has 5 heteroatoms. The molecule has 0 radical (unpaired) electrons. The number of hydrogen-bond donors (Lipinski definition) is 1. The highest BCUT2D eigenvalue weighted by molar-refractivity contribution is 9.11. The molecule has 0 aliphatic carbocycles. The first-order valence-corrected chi connectivity index (χ1v) is 7.92. The lowest BCUT2D eigenvalue weighted by molar-refractivity contribution is -0.136. The average molecular weight is 354 g/mol. The van der Waals surface area contributed by atoms with Crippen LogP contribution in [0.2, 0.25) is 0 Å². The molecule has 1 heterocycles. The van der Waals surface area contributed by atoms with Gasteiger partial charge < -0.3 is 5.11 Å². The van der Waals surface area contributed by atoms with Crippen LogP contribution >= 0.6 is 27.3 Å². The average Bonchev–Trinajstić information content (AvgIpc) is 2.76. The normalized spacial score (nSPS) is 10.9. The van der Waals surface area contributed by atoms with Crippen LogP contribution in [0.1, 0.15) is 16.7 Å². The summed E-state index contributed by atoms with van der Waals surface area (Å²) in [5.41, 5.74) is 3.23. The Bertz CT molecular complexity index is 597. The van der Waals surface area contributed by atoms with Gasteiger partial charge in [-0.25, -0.2) is 0 Å². The Labute approximate surface area is 131 Å². The van der Waals surface area contributed by atoms with Gasteiger partial charge in [0.15, 0.2) is 0 Å². The second-order valence-corrected chi connectivity index (χ2v) is 7.06. The molecule has 0 spiro atoms. The standard InChI is InChI=1S/C15H16BrNO2S/c1-17(8-11-6-14(16)20-10-11)9-13-5-3-2-4-12(13)7-15(18)19/h2-6,10H,7-9H2,1H3,(H,18,19). The molecule has 1 N–H and O–H groups in total. The van der Waals surface area contributed by atoms with Crippen LogP contribution in [-0.4, -0.2) is 23.0 Å². The van der Waals surface area contributed by atoms with E-state index in [0.717, 1.165) is 28.0 Å². The second-order valence-electron chi connectivity index (χ2n) is 4.77. The summed E-state index contributed by atoms with van der Waals surface area (Å²) in [5, 5.41) is 11.1. The van der Waals surface area contributed by atoms with Crippen molar-refractivity contribution in [2.24, 2.45) is 0 Å². The van der Waals surface area contributed by atoms with Crippen molar-refractivity contribution in [3.8, 4) is 0 Å². The lowest BCUT2D eigenvalue weighted by Crippen LogP contribution is -2.18. The summed E-state index contributed by atoms with van der Waals surface area (Å²) in [7, 11) is 2.04. The van der Waals surface area contributed by atoms with Crippen LogP contribution < -0.4 is 0 Å². The Hall–Kier alpha value is -1.17. The molecule has 0 aliphatic rings. The Kier molecular flexibility index (Phi) is 5.34. The highest BCUT2D eigenvalue weighted by atomic mass is 79.9. The molecule has 3 nitrogen and oxygen atoms in total. The van der Waals surface area contributed by atoms with Crippen LogP contribution in [0.25, 0.3) is 0 Å². The van der Waals surface area contributed by atoms with Crippen molar-refractivity contribution in [1.82, 2.24) is 4.90 Å². The fraction of sp³-hybridized carbons (Fsp3) is 0.267. The first kappa shape index (κ1) is 15.2. The molecule has 0 saturated heterocycles. The molecule has 1 aromatic heterocycles. The maximum atomic E-state index is 10.9. The van der Waals surface area contributed by atoms with E-state index in [2.05, 4.69) is 32.3 Å². The van der Waals surface area contributed by atoms with Crippen LogP contribution in [0.5, 0.6) is 0 Å². The van der Waals surface area contributed by atoms with Crippen molar-refractivity contribution in [3.05, 3.63) is 56.2 Å². The molecule has 0 bridgehead atoms. The Morgan fingerprint density at radius 2 is 2.00 bits per heavy atom. The summed E-state index contributed by atoms with van der Waals surface area (Å²) >= 11 is 5.14. The second kappa shape index (κ2) is 7.02. The van der Waals surface area contributed by atoms with E-state index in [9.17, 15) is 4.79 Å². The third-order valence-corrected chi connectivity index (χ3v) is 4.53. The number of benzene rings is 1. The summed E-state index contributed by atoms with van der Waals surface area (Å²) in [6, 6.07) is 9.84. The Morgan fingerprint density at radius 1 is 1.30 bits per heavy atom. The van der Waals surface area contributed by atoms with E-state index in [1.807, 2.05) is 31.3 Å². The highest BCUT2D eigenvalue weighted by Gasteiger charge is 2.09. The van der Waals surface area contributed by atoms with Crippen molar-refractivity contribution in [1.29, 1.82) is 0 Å². The van der Waals surface area contributed by atoms with Crippen LogP contribution in [0.15, 0.2) is 39.5 Å². The van der Waals surface area contributed by atoms with Gasteiger partial charge in [0.05, 0.1) is 10.2 Å². The van der Waals surface area contributed by atoms with Gasteiger partial charge in [-0.1, -0.05) is 24.3 Å². The third kappa shape index (κ3) is 4.44. The SMILES string of the molecule is CN(Cc1csc(Br)c1)Cc1ccccc1CC(=O)O. The van der Waals surface area contributed by atoms with Crippen LogP contribution in [0, 0.1) is 0 Å². The van der Waals surface area contributed by atoms with Crippen LogP contribution in [0.4, 0.5) is 0 Å². The van der Waals surface area contributed by atoms with Gasteiger partial charge in [0.2, 0.25) is 0 Å². The molecule has 0 aliphatic heterocycles. The smallest absolute Gasteiger partial charge is 0.307 e. The Balaban J connectivity index is 2.03. The van der Waals surface area contributed by atoms with Crippen molar-refractivity contribution in [2.75, 3.05) is 7.05 Å². The van der Waals surface area contributed by atoms with E-state index in [1.165, 1.54) is 5.56 Å². The van der Waals surface area contributed by atoms with Gasteiger partial charge in [0.1, 0.15) is 0 Å². The number of hydrogen-bond acceptors (Lipinski definition) is 3. The van der Waals surface area contributed by atoms with E-state index in [1.54, 1.807) is 11.3 Å². The first-order chi connectivity index (χ1) is 9.54. The topological polar surface area (TPSA) is 40.5 Å². The molecule has 106 valence electrons. The number of carbonyl (C=O) groups is 1. The number of nitrogens with zero attached hydrogens (tertiary/aromatic N) is 1. The number of carboxylic acid groups (broad SMARTS) is 1. The molecular weight excluding hydrogens is 338 g/mol. The van der Waals surface area contributed by atoms with E-state index in [4.69, 9.17) is 5.11 Å².